The quantitative estimate of drug-likeness (QED) is 0.341. The van der Waals surface area contributed by atoms with Crippen LogP contribution in [0, 0.1) is 0 Å². The number of rotatable bonds is 3. The normalized spacial score (nSPS) is 11.1. The summed E-state index contributed by atoms with van der Waals surface area (Å²) in [6, 6.07) is 24.2. The second kappa shape index (κ2) is 7.21. The Morgan fingerprint density at radius 3 is 2.03 bits per heavy atom. The van der Waals surface area contributed by atoms with Crippen molar-refractivity contribution in [2.45, 2.75) is 0 Å². The van der Waals surface area contributed by atoms with E-state index < -0.39 is 0 Å². The molecule has 2 aromatic heterocycles. The van der Waals surface area contributed by atoms with E-state index in [9.17, 15) is 15.0 Å². The molecule has 0 aliphatic heterocycles. The van der Waals surface area contributed by atoms with Gasteiger partial charge >= 0.3 is 0 Å². The van der Waals surface area contributed by atoms with Gasteiger partial charge in [0.25, 0.3) is 5.56 Å². The summed E-state index contributed by atoms with van der Waals surface area (Å²) in [7, 11) is 0. The average molecular weight is 411 g/mol. The lowest BCUT2D eigenvalue weighted by Gasteiger charge is -2.09. The number of hydrogen-bond donors (Lipinski definition) is 3. The van der Waals surface area contributed by atoms with Crippen molar-refractivity contribution in [3.63, 3.8) is 0 Å². The number of nitrogens with one attached hydrogen (secondary N) is 1. The molecule has 0 aliphatic rings. The Kier molecular flexibility index (Phi) is 4.38. The smallest absolute Gasteiger partial charge is 0.260 e. The number of hydrogen-bond acceptors (Lipinski definition) is 4. The maximum atomic E-state index is 12.6. The van der Waals surface area contributed by atoms with E-state index in [4.69, 9.17) is 0 Å². The van der Waals surface area contributed by atoms with Gasteiger partial charge < -0.3 is 15.2 Å². The van der Waals surface area contributed by atoms with Crippen LogP contribution in [0.4, 0.5) is 0 Å². The molecule has 0 radical (unpaired) electrons. The molecule has 2 heterocycles. The highest BCUT2D eigenvalue weighted by molar-refractivity contribution is 7.17. The molecule has 3 aromatic carbocycles. The number of aromatic nitrogens is 1. The molecular formula is C25H17NO3S. The molecular weight excluding hydrogens is 394 g/mol. The Balaban J connectivity index is 1.65. The molecule has 5 heteroatoms. The summed E-state index contributed by atoms with van der Waals surface area (Å²) in [4.78, 5) is 16.1. The largest absolute Gasteiger partial charge is 0.507 e. The van der Waals surface area contributed by atoms with E-state index in [2.05, 4.69) is 4.98 Å². The number of pyridine rings is 1. The Morgan fingerprint density at radius 2 is 1.33 bits per heavy atom. The monoisotopic (exact) mass is 411 g/mol. The number of fused-ring (bicyclic) bond motifs is 1. The number of thiophene rings is 1. The third kappa shape index (κ3) is 2.96. The van der Waals surface area contributed by atoms with Crippen LogP contribution in [0.1, 0.15) is 0 Å². The molecule has 146 valence electrons. The van der Waals surface area contributed by atoms with Crippen molar-refractivity contribution in [1.82, 2.24) is 4.98 Å². The van der Waals surface area contributed by atoms with Crippen molar-refractivity contribution in [2.75, 3.05) is 0 Å². The highest BCUT2D eigenvalue weighted by Gasteiger charge is 2.18. The van der Waals surface area contributed by atoms with Crippen LogP contribution in [0.5, 0.6) is 11.5 Å². The maximum absolute atomic E-state index is 12.6. The predicted octanol–water partition coefficient (Wildman–Crippen LogP) is 6.00. The van der Waals surface area contributed by atoms with Crippen molar-refractivity contribution < 1.29 is 10.2 Å². The minimum Gasteiger partial charge on any atom is -0.507 e. The van der Waals surface area contributed by atoms with Gasteiger partial charge in [0.15, 0.2) is 0 Å². The first-order valence-electron chi connectivity index (χ1n) is 9.44. The maximum Gasteiger partial charge on any atom is 0.260 e. The van der Waals surface area contributed by atoms with Gasteiger partial charge in [-0.05, 0) is 22.8 Å². The van der Waals surface area contributed by atoms with E-state index in [-0.39, 0.29) is 22.6 Å². The molecule has 4 nitrogen and oxygen atoms in total. The van der Waals surface area contributed by atoms with E-state index in [0.717, 1.165) is 22.3 Å². The Labute approximate surface area is 176 Å². The van der Waals surface area contributed by atoms with Gasteiger partial charge in [0.2, 0.25) is 0 Å². The van der Waals surface area contributed by atoms with E-state index in [1.165, 1.54) is 11.3 Å². The van der Waals surface area contributed by atoms with Gasteiger partial charge in [0.1, 0.15) is 16.3 Å². The van der Waals surface area contributed by atoms with Crippen LogP contribution in [0.25, 0.3) is 43.6 Å². The molecule has 0 saturated carbocycles. The molecule has 0 aliphatic carbocycles. The van der Waals surface area contributed by atoms with Gasteiger partial charge in [-0.2, -0.15) is 0 Å². The van der Waals surface area contributed by atoms with Crippen LogP contribution >= 0.6 is 11.3 Å². The summed E-state index contributed by atoms with van der Waals surface area (Å²) in [5.41, 5.74) is 4.07. The van der Waals surface area contributed by atoms with Crippen molar-refractivity contribution >= 4 is 21.6 Å². The highest BCUT2D eigenvalue weighted by Crippen LogP contribution is 2.42. The fourth-order valence-electron chi connectivity index (χ4n) is 3.72. The molecule has 0 bridgehead atoms. The average Bonchev–Trinajstić information content (AvgIpc) is 3.19. The summed E-state index contributed by atoms with van der Waals surface area (Å²) in [6.07, 6.45) is 0. The third-order valence-corrected chi connectivity index (χ3v) is 6.09. The van der Waals surface area contributed by atoms with Crippen LogP contribution in [-0.2, 0) is 0 Å². The fourth-order valence-corrected chi connectivity index (χ4v) is 4.68. The van der Waals surface area contributed by atoms with Gasteiger partial charge in [-0.3, -0.25) is 4.79 Å². The molecule has 0 unspecified atom stereocenters. The van der Waals surface area contributed by atoms with Gasteiger partial charge in [-0.25, -0.2) is 0 Å². The van der Waals surface area contributed by atoms with E-state index >= 15 is 0 Å². The number of H-pyrrole nitrogens is 1. The van der Waals surface area contributed by atoms with E-state index in [0.29, 0.717) is 15.8 Å². The zero-order chi connectivity index (χ0) is 20.7. The first kappa shape index (κ1) is 18.2. The molecule has 3 N–H and O–H groups in total. The van der Waals surface area contributed by atoms with Gasteiger partial charge in [-0.1, -0.05) is 72.8 Å². The minimum absolute atomic E-state index is 0.0130. The number of phenolic OH excluding ortho intramolecular Hbond substituents is 1. The Bertz CT molecular complexity index is 1420. The van der Waals surface area contributed by atoms with E-state index in [1.807, 2.05) is 72.1 Å². The second-order valence-electron chi connectivity index (χ2n) is 6.99. The molecule has 0 saturated heterocycles. The molecule has 0 atom stereocenters. The molecule has 0 fully saturated rings. The molecule has 30 heavy (non-hydrogen) atoms. The van der Waals surface area contributed by atoms with Crippen molar-refractivity contribution in [1.29, 1.82) is 0 Å². The highest BCUT2D eigenvalue weighted by atomic mass is 32.1. The van der Waals surface area contributed by atoms with Crippen LogP contribution in [0.15, 0.2) is 89.0 Å². The lowest BCUT2D eigenvalue weighted by molar-refractivity contribution is 0.477. The first-order valence-corrected chi connectivity index (χ1v) is 10.3. The summed E-state index contributed by atoms with van der Waals surface area (Å²) in [5.74, 6) is 0.218. The number of benzene rings is 3. The summed E-state index contributed by atoms with van der Waals surface area (Å²) in [6.45, 7) is 0. The van der Waals surface area contributed by atoms with E-state index in [1.54, 1.807) is 12.1 Å². The molecule has 5 rings (SSSR count). The van der Waals surface area contributed by atoms with Gasteiger partial charge in [0, 0.05) is 16.5 Å². The zero-order valence-electron chi connectivity index (χ0n) is 15.8. The molecule has 5 aromatic rings. The van der Waals surface area contributed by atoms with Crippen LogP contribution in [-0.4, -0.2) is 15.2 Å². The number of phenols is 1. The summed E-state index contributed by atoms with van der Waals surface area (Å²) < 4.78 is 0. The Hall–Kier alpha value is -3.83. The van der Waals surface area contributed by atoms with Crippen molar-refractivity contribution in [3.05, 3.63) is 94.6 Å². The summed E-state index contributed by atoms with van der Waals surface area (Å²) >= 11 is 1.39. The number of aromatic amines is 1. The minimum atomic E-state index is -0.311. The van der Waals surface area contributed by atoms with Gasteiger partial charge in [0.05, 0.1) is 10.9 Å². The first-order chi connectivity index (χ1) is 14.6. The number of para-hydroxylation sites is 1. The topological polar surface area (TPSA) is 73.3 Å². The fraction of sp³-hybridized carbons (Fsp3) is 0. The summed E-state index contributed by atoms with van der Waals surface area (Å²) in [5, 5.41) is 23.7. The SMILES string of the molecule is O=c1[nH]c2scc(-c3ccc(-c4ccccc4O)cc3)c2c(O)c1-c1ccccc1. The second-order valence-corrected chi connectivity index (χ2v) is 7.87. The third-order valence-electron chi connectivity index (χ3n) is 5.19. The van der Waals surface area contributed by atoms with Crippen LogP contribution < -0.4 is 5.56 Å². The van der Waals surface area contributed by atoms with Gasteiger partial charge in [-0.15, -0.1) is 11.3 Å². The van der Waals surface area contributed by atoms with Crippen molar-refractivity contribution in [2.24, 2.45) is 0 Å². The Morgan fingerprint density at radius 1 is 0.700 bits per heavy atom. The number of aromatic hydroxyl groups is 2. The van der Waals surface area contributed by atoms with Crippen LogP contribution in [0.2, 0.25) is 0 Å². The standard InChI is InChI=1S/C25H17NO3S/c27-20-9-5-4-8-18(20)15-10-12-16(13-11-15)19-14-30-25-22(19)23(28)21(24(29)26-25)17-6-2-1-3-7-17/h1-14,27H,(H2,26,28,29). The molecule has 0 spiro atoms. The molecule has 0 amide bonds. The van der Waals surface area contributed by atoms with Crippen molar-refractivity contribution in [3.8, 4) is 44.9 Å². The zero-order valence-corrected chi connectivity index (χ0v) is 16.6. The lowest BCUT2D eigenvalue weighted by Crippen LogP contribution is -2.08. The predicted molar refractivity (Wildman–Crippen MR) is 122 cm³/mol. The lowest BCUT2D eigenvalue weighted by atomic mass is 9.98. The van der Waals surface area contributed by atoms with Crippen LogP contribution in [0.3, 0.4) is 0 Å².